The predicted molar refractivity (Wildman–Crippen MR) is 117 cm³/mol. The zero-order chi connectivity index (χ0) is 22.2. The molecule has 166 valence electrons. The van der Waals surface area contributed by atoms with Gasteiger partial charge in [0.1, 0.15) is 6.04 Å². The smallest absolute Gasteiger partial charge is 0.308 e. The summed E-state index contributed by atoms with van der Waals surface area (Å²) in [5.41, 5.74) is 0.0649. The Morgan fingerprint density at radius 3 is 2.42 bits per heavy atom. The number of hydrogen-bond donors (Lipinski definition) is 2. The minimum atomic E-state index is -3.13. The molecule has 1 fully saturated rings. The number of nitrogens with zero attached hydrogens (tertiary/aromatic N) is 1. The summed E-state index contributed by atoms with van der Waals surface area (Å²) in [6, 6.07) is 14.1. The van der Waals surface area contributed by atoms with Crippen molar-refractivity contribution >= 4 is 17.4 Å². The van der Waals surface area contributed by atoms with Crippen LogP contribution in [-0.2, 0) is 4.74 Å². The summed E-state index contributed by atoms with van der Waals surface area (Å²) in [6.07, 6.45) is 2.93. The number of rotatable bonds is 4. The molecule has 2 aromatic rings. The fourth-order valence-electron chi connectivity index (χ4n) is 4.37. The molecule has 1 aliphatic heterocycles. The standard InChI is InChI=1S/C24H28F3N3O/c1-15-24(26,27)23(2,3)31-22(28-15)30-20-11-7-10-19(21(20)25)29-18-13-12-17(14-18)16-8-5-4-6-9-16/h4-11,15,17-18,29H,12-14H2,1-3H3,(H,28,30)/t15-,17?,18?/m1/s1. The second-order valence-electron chi connectivity index (χ2n) is 8.90. The molecule has 1 saturated carbocycles. The van der Waals surface area contributed by atoms with Crippen LogP contribution in [0.2, 0.25) is 0 Å². The Morgan fingerprint density at radius 1 is 1.00 bits per heavy atom. The van der Waals surface area contributed by atoms with Gasteiger partial charge in [-0.1, -0.05) is 36.4 Å². The molecule has 2 unspecified atom stereocenters. The van der Waals surface area contributed by atoms with Crippen LogP contribution in [0.25, 0.3) is 0 Å². The van der Waals surface area contributed by atoms with Gasteiger partial charge in [-0.15, -0.1) is 0 Å². The lowest BCUT2D eigenvalue weighted by atomic mass is 9.93. The summed E-state index contributed by atoms with van der Waals surface area (Å²) in [6.45, 7) is 3.93. The molecule has 0 saturated heterocycles. The number of ether oxygens (including phenoxy) is 1. The third-order valence-electron chi connectivity index (χ3n) is 6.29. The van der Waals surface area contributed by atoms with E-state index in [1.54, 1.807) is 12.1 Å². The summed E-state index contributed by atoms with van der Waals surface area (Å²) in [7, 11) is 0. The van der Waals surface area contributed by atoms with Crippen LogP contribution in [0.4, 0.5) is 24.5 Å². The fourth-order valence-corrected chi connectivity index (χ4v) is 4.37. The number of halogens is 3. The Hall–Kier alpha value is -2.70. The van der Waals surface area contributed by atoms with E-state index in [1.807, 2.05) is 18.2 Å². The molecule has 4 nitrogen and oxygen atoms in total. The van der Waals surface area contributed by atoms with Crippen molar-refractivity contribution in [3.05, 3.63) is 59.9 Å². The van der Waals surface area contributed by atoms with E-state index in [9.17, 15) is 8.78 Å². The number of alkyl halides is 2. The van der Waals surface area contributed by atoms with Crippen LogP contribution < -0.4 is 10.6 Å². The van der Waals surface area contributed by atoms with Crippen molar-refractivity contribution < 1.29 is 17.9 Å². The average molecular weight is 432 g/mol. The van der Waals surface area contributed by atoms with Crippen LogP contribution in [0.3, 0.4) is 0 Å². The maximum absolute atomic E-state index is 15.2. The monoisotopic (exact) mass is 431 g/mol. The molecule has 0 spiro atoms. The third-order valence-corrected chi connectivity index (χ3v) is 6.29. The SMILES string of the molecule is C[C@H]1N=C(Nc2cccc(NC3CCC(c4ccccc4)C3)c2F)OC(C)(C)C1(F)F. The largest absolute Gasteiger partial charge is 0.453 e. The molecule has 0 bridgehead atoms. The number of aliphatic imine (C=N–C) groups is 1. The highest BCUT2D eigenvalue weighted by Gasteiger charge is 2.56. The Bertz CT molecular complexity index is 962. The summed E-state index contributed by atoms with van der Waals surface area (Å²) in [5, 5.41) is 6.06. The number of anilines is 2. The predicted octanol–water partition coefficient (Wildman–Crippen LogP) is 6.17. The first-order chi connectivity index (χ1) is 14.7. The van der Waals surface area contributed by atoms with Crippen LogP contribution in [0.15, 0.2) is 53.5 Å². The summed E-state index contributed by atoms with van der Waals surface area (Å²) in [4.78, 5) is 3.89. The molecule has 1 heterocycles. The van der Waals surface area contributed by atoms with Crippen LogP contribution in [0.5, 0.6) is 0 Å². The van der Waals surface area contributed by atoms with E-state index in [0.717, 1.165) is 19.3 Å². The Labute approximate surface area is 180 Å². The van der Waals surface area contributed by atoms with Gasteiger partial charge in [-0.25, -0.2) is 9.38 Å². The molecule has 0 radical (unpaired) electrons. The second-order valence-corrected chi connectivity index (χ2v) is 8.90. The molecular weight excluding hydrogens is 403 g/mol. The quantitative estimate of drug-likeness (QED) is 0.608. The first kappa shape index (κ1) is 21.5. The Kier molecular flexibility index (Phi) is 5.62. The van der Waals surface area contributed by atoms with Crippen molar-refractivity contribution in [3.63, 3.8) is 0 Å². The number of amidine groups is 1. The zero-order valence-corrected chi connectivity index (χ0v) is 18.0. The Morgan fingerprint density at radius 2 is 1.71 bits per heavy atom. The van der Waals surface area contributed by atoms with Gasteiger partial charge in [0.15, 0.2) is 11.4 Å². The van der Waals surface area contributed by atoms with Crippen LogP contribution >= 0.6 is 0 Å². The van der Waals surface area contributed by atoms with Crippen molar-refractivity contribution in [1.29, 1.82) is 0 Å². The van der Waals surface area contributed by atoms with Crippen LogP contribution in [0.1, 0.15) is 51.5 Å². The summed E-state index contributed by atoms with van der Waals surface area (Å²) < 4.78 is 49.1. The third kappa shape index (κ3) is 4.23. The van der Waals surface area contributed by atoms with Gasteiger partial charge >= 0.3 is 5.92 Å². The Balaban J connectivity index is 1.46. The molecule has 1 aliphatic carbocycles. The minimum absolute atomic E-state index is 0.107. The van der Waals surface area contributed by atoms with E-state index in [2.05, 4.69) is 27.8 Å². The first-order valence-corrected chi connectivity index (χ1v) is 10.7. The van der Waals surface area contributed by atoms with Gasteiger partial charge in [-0.05, 0) is 63.6 Å². The lowest BCUT2D eigenvalue weighted by Crippen LogP contribution is -2.56. The molecule has 4 rings (SSSR count). The maximum Gasteiger partial charge on any atom is 0.308 e. The lowest BCUT2D eigenvalue weighted by molar-refractivity contribution is -0.174. The summed E-state index contributed by atoms with van der Waals surface area (Å²) >= 11 is 0. The highest BCUT2D eigenvalue weighted by atomic mass is 19.3. The highest BCUT2D eigenvalue weighted by molar-refractivity contribution is 5.90. The number of hydrogen-bond acceptors (Lipinski definition) is 4. The molecule has 7 heteroatoms. The van der Waals surface area contributed by atoms with Gasteiger partial charge in [0, 0.05) is 6.04 Å². The molecular formula is C24H28F3N3O. The van der Waals surface area contributed by atoms with Gasteiger partial charge in [0.2, 0.25) is 0 Å². The maximum atomic E-state index is 15.2. The molecule has 0 amide bonds. The van der Waals surface area contributed by atoms with E-state index < -0.39 is 23.4 Å². The summed E-state index contributed by atoms with van der Waals surface area (Å²) in [5.74, 6) is -3.16. The number of nitrogens with one attached hydrogen (secondary N) is 2. The zero-order valence-electron chi connectivity index (χ0n) is 18.0. The van der Waals surface area contributed by atoms with Gasteiger partial charge in [0.25, 0.3) is 6.02 Å². The van der Waals surface area contributed by atoms with Crippen LogP contribution in [0, 0.1) is 5.82 Å². The van der Waals surface area contributed by atoms with Crippen molar-refractivity contribution in [1.82, 2.24) is 0 Å². The molecule has 2 aromatic carbocycles. The number of benzene rings is 2. The first-order valence-electron chi connectivity index (χ1n) is 10.7. The van der Waals surface area contributed by atoms with Gasteiger partial charge < -0.3 is 15.4 Å². The van der Waals surface area contributed by atoms with Crippen LogP contribution in [-0.4, -0.2) is 29.6 Å². The van der Waals surface area contributed by atoms with E-state index in [4.69, 9.17) is 4.74 Å². The van der Waals surface area contributed by atoms with Gasteiger partial charge in [-0.2, -0.15) is 8.78 Å². The van der Waals surface area contributed by atoms with Crippen molar-refractivity contribution in [2.24, 2.45) is 4.99 Å². The van der Waals surface area contributed by atoms with Crippen molar-refractivity contribution in [2.45, 2.75) is 69.6 Å². The van der Waals surface area contributed by atoms with Crippen molar-refractivity contribution in [2.75, 3.05) is 10.6 Å². The topological polar surface area (TPSA) is 45.7 Å². The molecule has 0 aromatic heterocycles. The van der Waals surface area contributed by atoms with Gasteiger partial charge in [-0.3, -0.25) is 0 Å². The minimum Gasteiger partial charge on any atom is -0.453 e. The van der Waals surface area contributed by atoms with Crippen molar-refractivity contribution in [3.8, 4) is 0 Å². The van der Waals surface area contributed by atoms with E-state index in [-0.39, 0.29) is 17.8 Å². The van der Waals surface area contributed by atoms with E-state index >= 15 is 4.39 Å². The van der Waals surface area contributed by atoms with E-state index in [0.29, 0.717) is 11.6 Å². The van der Waals surface area contributed by atoms with Gasteiger partial charge in [0.05, 0.1) is 11.4 Å². The fraction of sp³-hybridized carbons (Fsp3) is 0.458. The normalized spacial score (nSPS) is 26.6. The average Bonchev–Trinajstić information content (AvgIpc) is 3.19. The lowest BCUT2D eigenvalue weighted by Gasteiger charge is -2.40. The molecule has 3 atom stereocenters. The molecule has 2 N–H and O–H groups in total. The van der Waals surface area contributed by atoms with E-state index in [1.165, 1.54) is 32.4 Å². The molecule has 31 heavy (non-hydrogen) atoms. The molecule has 2 aliphatic rings. The highest BCUT2D eigenvalue weighted by Crippen LogP contribution is 2.40. The second kappa shape index (κ2) is 8.09.